The zero-order chi connectivity index (χ0) is 9.14. The van der Waals surface area contributed by atoms with Crippen LogP contribution in [0, 0.1) is 5.92 Å². The van der Waals surface area contributed by atoms with E-state index in [0.717, 1.165) is 0 Å². The molecule has 1 heterocycles. The van der Waals surface area contributed by atoms with Crippen LogP contribution in [-0.4, -0.2) is 36.4 Å². The maximum atomic E-state index is 11.2. The van der Waals surface area contributed by atoms with Gasteiger partial charge in [-0.25, -0.2) is 0 Å². The third kappa shape index (κ3) is 2.19. The number of ether oxygens (including phenoxy) is 1. The Morgan fingerprint density at radius 1 is 1.58 bits per heavy atom. The van der Waals surface area contributed by atoms with E-state index in [2.05, 4.69) is 5.32 Å². The molecule has 70 valence electrons. The van der Waals surface area contributed by atoms with Crippen LogP contribution >= 0.6 is 0 Å². The number of nitrogens with one attached hydrogen (secondary N) is 1. The average Bonchev–Trinajstić information content (AvgIpc) is 2.36. The van der Waals surface area contributed by atoms with E-state index in [1.807, 2.05) is 13.8 Å². The van der Waals surface area contributed by atoms with Crippen molar-refractivity contribution in [2.24, 2.45) is 5.92 Å². The van der Waals surface area contributed by atoms with E-state index in [0.29, 0.717) is 13.2 Å². The molecule has 4 heteroatoms. The van der Waals surface area contributed by atoms with Crippen molar-refractivity contribution in [3.05, 3.63) is 0 Å². The fourth-order valence-corrected chi connectivity index (χ4v) is 1.03. The average molecular weight is 173 g/mol. The molecule has 0 saturated carbocycles. The highest BCUT2D eigenvalue weighted by molar-refractivity contribution is 5.78. The molecule has 1 fully saturated rings. The van der Waals surface area contributed by atoms with Gasteiger partial charge < -0.3 is 15.2 Å². The van der Waals surface area contributed by atoms with Gasteiger partial charge >= 0.3 is 0 Å². The first kappa shape index (κ1) is 9.48. The van der Waals surface area contributed by atoms with Crippen LogP contribution in [0.5, 0.6) is 0 Å². The minimum absolute atomic E-state index is 0.0375. The van der Waals surface area contributed by atoms with E-state index in [1.54, 1.807) is 0 Å². The summed E-state index contributed by atoms with van der Waals surface area (Å²) in [4.78, 5) is 11.2. The standard InChI is InChI=1S/C8H15NO3/c1-5(2)8(11)9-6-3-12-4-7(6)10/h5-7,10H,3-4H2,1-2H3,(H,9,11)/t6-,7-/m0/s1. The van der Waals surface area contributed by atoms with Crippen molar-refractivity contribution < 1.29 is 14.6 Å². The predicted molar refractivity (Wildman–Crippen MR) is 43.6 cm³/mol. The second-order valence-electron chi connectivity index (χ2n) is 3.37. The Labute approximate surface area is 71.9 Å². The lowest BCUT2D eigenvalue weighted by atomic mass is 10.1. The second-order valence-corrected chi connectivity index (χ2v) is 3.37. The SMILES string of the molecule is CC(C)C(=O)N[C@H]1COC[C@@H]1O. The minimum Gasteiger partial charge on any atom is -0.388 e. The first-order valence-corrected chi connectivity index (χ1v) is 4.17. The molecule has 4 nitrogen and oxygen atoms in total. The highest BCUT2D eigenvalue weighted by Crippen LogP contribution is 2.05. The maximum Gasteiger partial charge on any atom is 0.222 e. The Kier molecular flexibility index (Phi) is 3.05. The summed E-state index contributed by atoms with van der Waals surface area (Å²) in [5.41, 5.74) is 0. The van der Waals surface area contributed by atoms with E-state index in [9.17, 15) is 9.90 Å². The Morgan fingerprint density at radius 3 is 2.67 bits per heavy atom. The molecule has 0 aromatic heterocycles. The zero-order valence-electron chi connectivity index (χ0n) is 7.41. The summed E-state index contributed by atoms with van der Waals surface area (Å²) in [7, 11) is 0. The summed E-state index contributed by atoms with van der Waals surface area (Å²) in [6, 6.07) is -0.222. The summed E-state index contributed by atoms with van der Waals surface area (Å²) in [6.07, 6.45) is -0.548. The third-order valence-corrected chi connectivity index (χ3v) is 1.90. The molecule has 0 bridgehead atoms. The van der Waals surface area contributed by atoms with Crippen molar-refractivity contribution >= 4 is 5.91 Å². The van der Waals surface area contributed by atoms with Crippen LogP contribution in [0.15, 0.2) is 0 Å². The summed E-state index contributed by atoms with van der Waals surface area (Å²) >= 11 is 0. The number of amides is 1. The van der Waals surface area contributed by atoms with Crippen molar-refractivity contribution in [2.75, 3.05) is 13.2 Å². The van der Waals surface area contributed by atoms with E-state index < -0.39 is 6.10 Å². The monoisotopic (exact) mass is 173 g/mol. The van der Waals surface area contributed by atoms with Gasteiger partial charge in [0.2, 0.25) is 5.91 Å². The predicted octanol–water partition coefficient (Wildman–Crippen LogP) is -0.482. The van der Waals surface area contributed by atoms with Gasteiger partial charge in [-0.3, -0.25) is 4.79 Å². The van der Waals surface area contributed by atoms with Crippen LogP contribution in [0.3, 0.4) is 0 Å². The molecule has 12 heavy (non-hydrogen) atoms. The molecule has 0 aliphatic carbocycles. The first-order valence-electron chi connectivity index (χ1n) is 4.17. The van der Waals surface area contributed by atoms with Crippen LogP contribution in [0.25, 0.3) is 0 Å². The van der Waals surface area contributed by atoms with Gasteiger partial charge in [-0.05, 0) is 0 Å². The molecule has 0 aromatic rings. The summed E-state index contributed by atoms with van der Waals surface area (Å²) in [5.74, 6) is -0.0812. The van der Waals surface area contributed by atoms with Crippen LogP contribution < -0.4 is 5.32 Å². The molecule has 0 spiro atoms. The first-order chi connectivity index (χ1) is 5.61. The molecule has 0 aromatic carbocycles. The highest BCUT2D eigenvalue weighted by atomic mass is 16.5. The highest BCUT2D eigenvalue weighted by Gasteiger charge is 2.27. The lowest BCUT2D eigenvalue weighted by Crippen LogP contribution is -2.44. The Balaban J connectivity index is 2.35. The van der Waals surface area contributed by atoms with Gasteiger partial charge in [0.05, 0.1) is 25.4 Å². The number of hydrogen-bond acceptors (Lipinski definition) is 3. The zero-order valence-corrected chi connectivity index (χ0v) is 7.41. The van der Waals surface area contributed by atoms with Gasteiger partial charge in [-0.1, -0.05) is 13.8 Å². The molecule has 2 atom stereocenters. The van der Waals surface area contributed by atoms with Crippen LogP contribution in [0.2, 0.25) is 0 Å². The molecular formula is C8H15NO3. The lowest BCUT2D eigenvalue weighted by Gasteiger charge is -2.15. The Bertz CT molecular complexity index is 170. The van der Waals surface area contributed by atoms with Gasteiger partial charge in [-0.2, -0.15) is 0 Å². The van der Waals surface area contributed by atoms with E-state index in [1.165, 1.54) is 0 Å². The molecule has 1 rings (SSSR count). The number of rotatable bonds is 2. The minimum atomic E-state index is -0.548. The summed E-state index contributed by atoms with van der Waals surface area (Å²) in [6.45, 7) is 4.37. The van der Waals surface area contributed by atoms with Gasteiger partial charge in [-0.15, -0.1) is 0 Å². The normalized spacial score (nSPS) is 29.3. The number of aliphatic hydroxyl groups excluding tert-OH is 1. The van der Waals surface area contributed by atoms with Crippen LogP contribution in [0.1, 0.15) is 13.8 Å². The van der Waals surface area contributed by atoms with E-state index in [-0.39, 0.29) is 17.9 Å². The molecule has 1 saturated heterocycles. The van der Waals surface area contributed by atoms with Crippen molar-refractivity contribution in [3.8, 4) is 0 Å². The number of hydrogen-bond donors (Lipinski definition) is 2. The van der Waals surface area contributed by atoms with Crippen molar-refractivity contribution in [2.45, 2.75) is 26.0 Å². The molecule has 2 N–H and O–H groups in total. The summed E-state index contributed by atoms with van der Waals surface area (Å²) < 4.78 is 4.99. The molecule has 1 amide bonds. The number of carbonyl (C=O) groups excluding carboxylic acids is 1. The maximum absolute atomic E-state index is 11.2. The van der Waals surface area contributed by atoms with E-state index >= 15 is 0 Å². The second kappa shape index (κ2) is 3.87. The Hall–Kier alpha value is -0.610. The fraction of sp³-hybridized carbons (Fsp3) is 0.875. The fourth-order valence-electron chi connectivity index (χ4n) is 1.03. The van der Waals surface area contributed by atoms with Gasteiger partial charge in [0.25, 0.3) is 0 Å². The summed E-state index contributed by atoms with van der Waals surface area (Å²) in [5, 5.41) is 12.0. The van der Waals surface area contributed by atoms with Gasteiger partial charge in [0, 0.05) is 5.92 Å². The van der Waals surface area contributed by atoms with Crippen molar-refractivity contribution in [3.63, 3.8) is 0 Å². The number of carbonyl (C=O) groups is 1. The van der Waals surface area contributed by atoms with Crippen LogP contribution in [0.4, 0.5) is 0 Å². The Morgan fingerprint density at radius 2 is 2.25 bits per heavy atom. The molecule has 1 aliphatic rings. The molecular weight excluding hydrogens is 158 g/mol. The lowest BCUT2D eigenvalue weighted by molar-refractivity contribution is -0.125. The van der Waals surface area contributed by atoms with Gasteiger partial charge in [0.15, 0.2) is 0 Å². The molecule has 0 unspecified atom stereocenters. The third-order valence-electron chi connectivity index (χ3n) is 1.90. The van der Waals surface area contributed by atoms with Crippen molar-refractivity contribution in [1.82, 2.24) is 5.32 Å². The molecule has 0 radical (unpaired) electrons. The smallest absolute Gasteiger partial charge is 0.222 e. The topological polar surface area (TPSA) is 58.6 Å². The quantitative estimate of drug-likeness (QED) is 0.593. The number of aliphatic hydroxyl groups is 1. The molecule has 1 aliphatic heterocycles. The largest absolute Gasteiger partial charge is 0.388 e. The van der Waals surface area contributed by atoms with Gasteiger partial charge in [0.1, 0.15) is 0 Å². The van der Waals surface area contributed by atoms with E-state index in [4.69, 9.17) is 4.74 Å². The van der Waals surface area contributed by atoms with Crippen molar-refractivity contribution in [1.29, 1.82) is 0 Å². The van der Waals surface area contributed by atoms with Crippen LogP contribution in [-0.2, 0) is 9.53 Å².